The molecule has 0 aliphatic heterocycles. The van der Waals surface area contributed by atoms with Crippen LogP contribution in [0.15, 0.2) is 42.5 Å². The largest absolute Gasteiger partial charge is 0.508 e. The summed E-state index contributed by atoms with van der Waals surface area (Å²) in [5.74, 6) is 0.263. The van der Waals surface area contributed by atoms with Gasteiger partial charge in [-0.15, -0.1) is 0 Å². The number of aldehydes is 1. The van der Waals surface area contributed by atoms with Crippen molar-refractivity contribution >= 4 is 12.0 Å². The first-order chi connectivity index (χ1) is 9.19. The number of carbonyl (C=O) groups is 1. The molecule has 0 spiro atoms. The molecule has 0 atom stereocenters. The molecule has 0 aromatic heterocycles. The van der Waals surface area contributed by atoms with Gasteiger partial charge in [-0.05, 0) is 35.9 Å². The third kappa shape index (κ3) is 3.48. The highest BCUT2D eigenvalue weighted by molar-refractivity contribution is 5.56. The zero-order valence-electron chi connectivity index (χ0n) is 10.3. The van der Waals surface area contributed by atoms with Crippen LogP contribution in [0.25, 0.3) is 0 Å². The van der Waals surface area contributed by atoms with Gasteiger partial charge in [-0.3, -0.25) is 0 Å². The summed E-state index contributed by atoms with van der Waals surface area (Å²) in [7, 11) is 0. The van der Waals surface area contributed by atoms with E-state index in [1.54, 1.807) is 0 Å². The van der Waals surface area contributed by atoms with Crippen molar-refractivity contribution in [3.05, 3.63) is 53.6 Å². The van der Waals surface area contributed by atoms with Crippen LogP contribution < -0.4 is 5.32 Å². The molecule has 4 nitrogen and oxygen atoms in total. The highest BCUT2D eigenvalue weighted by Gasteiger charge is 2.02. The van der Waals surface area contributed by atoms with Gasteiger partial charge in [-0.25, -0.2) is 0 Å². The van der Waals surface area contributed by atoms with Gasteiger partial charge in [-0.2, -0.15) is 0 Å². The lowest BCUT2D eigenvalue weighted by atomic mass is 10.1. The molecule has 98 valence electrons. The standard InChI is InChI=1S/C15H15NO3/c17-8-7-11-1-3-13(4-2-11)16-10-12-9-14(18)5-6-15(12)19/h1-6,8-9,16,18-19H,7,10H2. The Kier molecular flexibility index (Phi) is 4.03. The molecule has 0 amide bonds. The number of phenols is 2. The van der Waals surface area contributed by atoms with Crippen molar-refractivity contribution < 1.29 is 15.0 Å². The number of hydrogen-bond acceptors (Lipinski definition) is 4. The van der Waals surface area contributed by atoms with Crippen molar-refractivity contribution in [2.75, 3.05) is 5.32 Å². The molecule has 3 N–H and O–H groups in total. The summed E-state index contributed by atoms with van der Waals surface area (Å²) < 4.78 is 0. The molecule has 0 radical (unpaired) electrons. The van der Waals surface area contributed by atoms with Crippen LogP contribution >= 0.6 is 0 Å². The van der Waals surface area contributed by atoms with Gasteiger partial charge < -0.3 is 20.3 Å². The molecule has 2 rings (SSSR count). The molecule has 0 aliphatic carbocycles. The van der Waals surface area contributed by atoms with Crippen molar-refractivity contribution in [3.8, 4) is 11.5 Å². The van der Waals surface area contributed by atoms with E-state index in [0.29, 0.717) is 18.5 Å². The van der Waals surface area contributed by atoms with Gasteiger partial charge in [0.05, 0.1) is 0 Å². The van der Waals surface area contributed by atoms with Crippen LogP contribution in [-0.4, -0.2) is 16.5 Å². The zero-order valence-corrected chi connectivity index (χ0v) is 10.3. The van der Waals surface area contributed by atoms with Crippen LogP contribution in [0, 0.1) is 0 Å². The van der Waals surface area contributed by atoms with Crippen LogP contribution in [-0.2, 0) is 17.8 Å². The van der Waals surface area contributed by atoms with Gasteiger partial charge in [0.15, 0.2) is 0 Å². The Morgan fingerprint density at radius 2 is 1.79 bits per heavy atom. The number of benzene rings is 2. The Morgan fingerprint density at radius 1 is 1.05 bits per heavy atom. The lowest BCUT2D eigenvalue weighted by molar-refractivity contribution is -0.107. The average molecular weight is 257 g/mol. The van der Waals surface area contributed by atoms with Crippen LogP contribution in [0.2, 0.25) is 0 Å². The minimum absolute atomic E-state index is 0.121. The van der Waals surface area contributed by atoms with E-state index in [1.807, 2.05) is 24.3 Å². The Morgan fingerprint density at radius 3 is 2.47 bits per heavy atom. The van der Waals surface area contributed by atoms with E-state index in [-0.39, 0.29) is 11.5 Å². The van der Waals surface area contributed by atoms with E-state index in [4.69, 9.17) is 0 Å². The van der Waals surface area contributed by atoms with Gasteiger partial charge >= 0.3 is 0 Å². The van der Waals surface area contributed by atoms with Gasteiger partial charge in [0, 0.05) is 24.2 Å². The normalized spacial score (nSPS) is 10.1. The molecule has 0 aliphatic rings. The molecule has 2 aromatic carbocycles. The molecular formula is C15H15NO3. The number of carbonyl (C=O) groups excluding carboxylic acids is 1. The molecule has 2 aromatic rings. The molecule has 0 saturated carbocycles. The summed E-state index contributed by atoms with van der Waals surface area (Å²) in [4.78, 5) is 10.4. The number of nitrogens with one attached hydrogen (secondary N) is 1. The predicted molar refractivity (Wildman–Crippen MR) is 73.3 cm³/mol. The minimum atomic E-state index is 0.121. The number of phenolic OH excluding ortho intramolecular Hbond substituents is 2. The summed E-state index contributed by atoms with van der Waals surface area (Å²) in [5, 5.41) is 22.1. The Hall–Kier alpha value is -2.49. The zero-order chi connectivity index (χ0) is 13.7. The van der Waals surface area contributed by atoms with Crippen molar-refractivity contribution in [1.29, 1.82) is 0 Å². The van der Waals surface area contributed by atoms with E-state index in [2.05, 4.69) is 5.32 Å². The second-order valence-corrected chi connectivity index (χ2v) is 4.23. The van der Waals surface area contributed by atoms with Gasteiger partial charge in [-0.1, -0.05) is 12.1 Å². The molecular weight excluding hydrogens is 242 g/mol. The molecule has 0 saturated heterocycles. The van der Waals surface area contributed by atoms with Crippen LogP contribution in [0.1, 0.15) is 11.1 Å². The molecule has 0 fully saturated rings. The third-order valence-corrected chi connectivity index (χ3v) is 2.82. The number of hydrogen-bond donors (Lipinski definition) is 3. The maximum Gasteiger partial charge on any atom is 0.124 e. The fourth-order valence-corrected chi connectivity index (χ4v) is 1.77. The number of rotatable bonds is 5. The molecule has 0 heterocycles. The first-order valence-electron chi connectivity index (χ1n) is 5.96. The first-order valence-corrected chi connectivity index (χ1v) is 5.96. The monoisotopic (exact) mass is 257 g/mol. The molecule has 4 heteroatoms. The summed E-state index contributed by atoms with van der Waals surface area (Å²) in [6.45, 7) is 0.410. The van der Waals surface area contributed by atoms with E-state index >= 15 is 0 Å². The van der Waals surface area contributed by atoms with Crippen molar-refractivity contribution in [2.45, 2.75) is 13.0 Å². The maximum absolute atomic E-state index is 10.4. The smallest absolute Gasteiger partial charge is 0.124 e. The Labute approximate surface area is 111 Å². The van der Waals surface area contributed by atoms with Gasteiger partial charge in [0.2, 0.25) is 0 Å². The van der Waals surface area contributed by atoms with Gasteiger partial charge in [0.25, 0.3) is 0 Å². The summed E-state index contributed by atoms with van der Waals surface area (Å²) in [6.07, 6.45) is 1.28. The van der Waals surface area contributed by atoms with E-state index < -0.39 is 0 Å². The number of aromatic hydroxyl groups is 2. The highest BCUT2D eigenvalue weighted by Crippen LogP contribution is 2.23. The first kappa shape index (κ1) is 13.0. The molecule has 0 bridgehead atoms. The van der Waals surface area contributed by atoms with E-state index in [0.717, 1.165) is 17.5 Å². The molecule has 19 heavy (non-hydrogen) atoms. The average Bonchev–Trinajstić information content (AvgIpc) is 2.42. The minimum Gasteiger partial charge on any atom is -0.508 e. The van der Waals surface area contributed by atoms with Crippen LogP contribution in [0.4, 0.5) is 5.69 Å². The van der Waals surface area contributed by atoms with E-state index in [9.17, 15) is 15.0 Å². The fraction of sp³-hybridized carbons (Fsp3) is 0.133. The third-order valence-electron chi connectivity index (χ3n) is 2.82. The summed E-state index contributed by atoms with van der Waals surface area (Å²) in [5.41, 5.74) is 2.47. The Balaban J connectivity index is 2.01. The second-order valence-electron chi connectivity index (χ2n) is 4.23. The van der Waals surface area contributed by atoms with Crippen LogP contribution in [0.5, 0.6) is 11.5 Å². The van der Waals surface area contributed by atoms with Crippen molar-refractivity contribution in [2.24, 2.45) is 0 Å². The lowest BCUT2D eigenvalue weighted by Crippen LogP contribution is -1.99. The van der Waals surface area contributed by atoms with E-state index in [1.165, 1.54) is 18.2 Å². The number of anilines is 1. The fourth-order valence-electron chi connectivity index (χ4n) is 1.77. The lowest BCUT2D eigenvalue weighted by Gasteiger charge is -2.09. The van der Waals surface area contributed by atoms with Gasteiger partial charge in [0.1, 0.15) is 17.8 Å². The quantitative estimate of drug-likeness (QED) is 0.568. The maximum atomic E-state index is 10.4. The Bertz CT molecular complexity index is 564. The topological polar surface area (TPSA) is 69.6 Å². The van der Waals surface area contributed by atoms with Crippen molar-refractivity contribution in [3.63, 3.8) is 0 Å². The second kappa shape index (κ2) is 5.91. The van der Waals surface area contributed by atoms with Crippen molar-refractivity contribution in [1.82, 2.24) is 0 Å². The highest BCUT2D eigenvalue weighted by atomic mass is 16.3. The SMILES string of the molecule is O=CCc1ccc(NCc2cc(O)ccc2O)cc1. The summed E-state index contributed by atoms with van der Waals surface area (Å²) in [6, 6.07) is 11.9. The predicted octanol–water partition coefficient (Wildman–Crippen LogP) is 2.45. The molecule has 0 unspecified atom stereocenters. The summed E-state index contributed by atoms with van der Waals surface area (Å²) >= 11 is 0. The van der Waals surface area contributed by atoms with Crippen LogP contribution in [0.3, 0.4) is 0 Å².